The maximum atomic E-state index is 16.0. The standard InChI is InChI=1S/C30H29ClF3N5O3/c1-3-22(40)36-11-12-38(16(2)14-36)28-18-13-19(31)24-23-17(5-6-20(32)25(23)34)15-42-27(24)26(18)39(29(41)35-28)30-8-4-9-37(30)10-7-21(30)33/h3,5-6,13,16,21H,1,4,7-12,14-15H2,2H3/t16-,21?,30?/m0/s1. The van der Waals surface area contributed by atoms with E-state index < -0.39 is 29.2 Å². The van der Waals surface area contributed by atoms with Crippen LogP contribution >= 0.6 is 11.6 Å². The molecule has 2 unspecified atom stereocenters. The lowest BCUT2D eigenvalue weighted by Gasteiger charge is -2.42. The third-order valence-electron chi connectivity index (χ3n) is 9.32. The summed E-state index contributed by atoms with van der Waals surface area (Å²) in [6.45, 7) is 7.61. The zero-order valence-electron chi connectivity index (χ0n) is 23.0. The number of carbonyl (C=O) groups excluding carboxylic acids is 1. The van der Waals surface area contributed by atoms with E-state index >= 15 is 8.78 Å². The highest BCUT2D eigenvalue weighted by Crippen LogP contribution is 2.52. The fourth-order valence-corrected chi connectivity index (χ4v) is 7.71. The first-order valence-electron chi connectivity index (χ1n) is 14.1. The van der Waals surface area contributed by atoms with E-state index in [0.717, 1.165) is 6.07 Å². The molecule has 12 heteroatoms. The Balaban J connectivity index is 1.53. The van der Waals surface area contributed by atoms with Crippen LogP contribution in [-0.2, 0) is 17.1 Å². The highest BCUT2D eigenvalue weighted by molar-refractivity contribution is 6.35. The first-order chi connectivity index (χ1) is 20.2. The van der Waals surface area contributed by atoms with Gasteiger partial charge in [-0.05, 0) is 44.4 Å². The molecule has 3 fully saturated rings. The van der Waals surface area contributed by atoms with E-state index in [1.165, 1.54) is 16.7 Å². The summed E-state index contributed by atoms with van der Waals surface area (Å²) in [4.78, 5) is 36.6. The molecule has 0 aliphatic carbocycles. The highest BCUT2D eigenvalue weighted by Gasteiger charge is 2.55. The predicted molar refractivity (Wildman–Crippen MR) is 153 cm³/mol. The molecule has 220 valence electrons. The third kappa shape index (κ3) is 3.68. The molecule has 42 heavy (non-hydrogen) atoms. The normalized spacial score (nSPS) is 25.3. The number of benzene rings is 2. The van der Waals surface area contributed by atoms with Crippen LogP contribution < -0.4 is 15.3 Å². The smallest absolute Gasteiger partial charge is 0.351 e. The Morgan fingerprint density at radius 3 is 2.79 bits per heavy atom. The fourth-order valence-electron chi connectivity index (χ4n) is 7.43. The number of halogens is 4. The molecule has 0 saturated carbocycles. The van der Waals surface area contributed by atoms with Crippen LogP contribution in [0.3, 0.4) is 0 Å². The van der Waals surface area contributed by atoms with Gasteiger partial charge in [0.15, 0.2) is 17.4 Å². The second kappa shape index (κ2) is 9.74. The quantitative estimate of drug-likeness (QED) is 0.410. The van der Waals surface area contributed by atoms with E-state index in [1.54, 1.807) is 11.0 Å². The van der Waals surface area contributed by atoms with Crippen molar-refractivity contribution in [3.63, 3.8) is 0 Å². The van der Waals surface area contributed by atoms with E-state index in [9.17, 15) is 14.0 Å². The lowest BCUT2D eigenvalue weighted by atomic mass is 9.93. The van der Waals surface area contributed by atoms with Crippen LogP contribution in [0.1, 0.15) is 31.7 Å². The van der Waals surface area contributed by atoms with Crippen molar-refractivity contribution in [2.45, 2.75) is 50.7 Å². The molecule has 3 saturated heterocycles. The summed E-state index contributed by atoms with van der Waals surface area (Å²) in [7, 11) is 0. The van der Waals surface area contributed by atoms with Gasteiger partial charge in [0.25, 0.3) is 0 Å². The summed E-state index contributed by atoms with van der Waals surface area (Å²) in [6, 6.07) is 3.83. The summed E-state index contributed by atoms with van der Waals surface area (Å²) in [5.41, 5.74) is -1.19. The number of carbonyl (C=O) groups is 1. The van der Waals surface area contributed by atoms with Crippen LogP contribution in [0.5, 0.6) is 5.75 Å². The maximum absolute atomic E-state index is 16.0. The van der Waals surface area contributed by atoms with Gasteiger partial charge in [-0.3, -0.25) is 14.3 Å². The molecule has 0 N–H and O–H groups in total. The van der Waals surface area contributed by atoms with Crippen molar-refractivity contribution in [3.8, 4) is 16.9 Å². The molecule has 3 atom stereocenters. The molecule has 4 aliphatic rings. The lowest BCUT2D eigenvalue weighted by molar-refractivity contribution is -0.126. The summed E-state index contributed by atoms with van der Waals surface area (Å²) in [6.07, 6.45) is 1.25. The number of ether oxygens (including phenoxy) is 1. The van der Waals surface area contributed by atoms with Gasteiger partial charge < -0.3 is 14.5 Å². The fraction of sp³-hybridized carbons (Fsp3) is 0.433. The van der Waals surface area contributed by atoms with Gasteiger partial charge in [-0.2, -0.15) is 4.98 Å². The first-order valence-corrected chi connectivity index (χ1v) is 14.5. The molecule has 1 aromatic heterocycles. The number of hydrogen-bond acceptors (Lipinski definition) is 6. The zero-order chi connectivity index (χ0) is 29.5. The van der Waals surface area contributed by atoms with Crippen molar-refractivity contribution in [1.29, 1.82) is 0 Å². The molecule has 4 aliphatic heterocycles. The minimum atomic E-state index is -1.35. The summed E-state index contributed by atoms with van der Waals surface area (Å²) >= 11 is 6.84. The third-order valence-corrected chi connectivity index (χ3v) is 9.61. The average Bonchev–Trinajstić information content (AvgIpc) is 3.54. The molecular formula is C30H29ClF3N5O3. The van der Waals surface area contributed by atoms with Crippen LogP contribution in [0.25, 0.3) is 22.0 Å². The van der Waals surface area contributed by atoms with Gasteiger partial charge in [0.2, 0.25) is 5.91 Å². The maximum Gasteiger partial charge on any atom is 0.351 e. The topological polar surface area (TPSA) is 70.9 Å². The Bertz CT molecular complexity index is 1730. The predicted octanol–water partition coefficient (Wildman–Crippen LogP) is 4.60. The SMILES string of the molecule is C=CC(=O)N1CCN(c2nc(=O)n(C34CCCN3CCC4F)c3c4c(c(Cl)cc23)-c2c(ccc(F)c2F)CO4)[C@@H](C)C1. The van der Waals surface area contributed by atoms with Crippen molar-refractivity contribution < 1.29 is 22.7 Å². The second-order valence-corrected chi connectivity index (χ2v) is 11.9. The van der Waals surface area contributed by atoms with E-state index in [-0.39, 0.29) is 52.4 Å². The molecule has 2 aromatic carbocycles. The van der Waals surface area contributed by atoms with E-state index in [4.69, 9.17) is 16.3 Å². The van der Waals surface area contributed by atoms with Crippen LogP contribution in [0.15, 0.2) is 35.6 Å². The van der Waals surface area contributed by atoms with Gasteiger partial charge in [0, 0.05) is 60.8 Å². The van der Waals surface area contributed by atoms with Crippen LogP contribution in [0, 0.1) is 11.6 Å². The van der Waals surface area contributed by atoms with Crippen molar-refractivity contribution >= 4 is 34.2 Å². The number of rotatable bonds is 3. The number of aromatic nitrogens is 2. The second-order valence-electron chi connectivity index (χ2n) is 11.5. The number of anilines is 1. The minimum Gasteiger partial charge on any atom is -0.486 e. The number of hydrogen-bond donors (Lipinski definition) is 0. The molecule has 8 nitrogen and oxygen atoms in total. The Kier molecular flexibility index (Phi) is 6.32. The largest absolute Gasteiger partial charge is 0.486 e. The van der Waals surface area contributed by atoms with Crippen molar-refractivity contribution in [3.05, 3.63) is 63.6 Å². The van der Waals surface area contributed by atoms with Crippen molar-refractivity contribution in [1.82, 2.24) is 19.4 Å². The number of amides is 1. The Hall–Kier alpha value is -3.57. The van der Waals surface area contributed by atoms with Crippen LogP contribution in [0.4, 0.5) is 19.0 Å². The summed E-state index contributed by atoms with van der Waals surface area (Å²) in [5.74, 6) is -1.88. The summed E-state index contributed by atoms with van der Waals surface area (Å²) in [5, 5.41) is 0.530. The van der Waals surface area contributed by atoms with E-state index in [0.29, 0.717) is 62.3 Å². The molecule has 0 spiro atoms. The number of nitrogens with zero attached hydrogens (tertiary/aromatic N) is 5. The van der Waals surface area contributed by atoms with Gasteiger partial charge in [-0.15, -0.1) is 0 Å². The van der Waals surface area contributed by atoms with Gasteiger partial charge in [0.05, 0.1) is 5.02 Å². The Labute approximate surface area is 244 Å². The molecule has 5 heterocycles. The van der Waals surface area contributed by atoms with Crippen LogP contribution in [-0.4, -0.2) is 70.2 Å². The molecule has 0 radical (unpaired) electrons. The van der Waals surface area contributed by atoms with E-state index in [2.05, 4.69) is 11.6 Å². The van der Waals surface area contributed by atoms with Crippen LogP contribution in [0.2, 0.25) is 5.02 Å². The minimum absolute atomic E-state index is 0.0329. The first kappa shape index (κ1) is 27.3. The Morgan fingerprint density at radius 2 is 2.02 bits per heavy atom. The molecule has 3 aromatic rings. The average molecular weight is 600 g/mol. The van der Waals surface area contributed by atoms with Gasteiger partial charge in [-0.1, -0.05) is 24.2 Å². The van der Waals surface area contributed by atoms with Gasteiger partial charge >= 0.3 is 5.69 Å². The highest BCUT2D eigenvalue weighted by atomic mass is 35.5. The zero-order valence-corrected chi connectivity index (χ0v) is 23.8. The van der Waals surface area contributed by atoms with E-state index in [1.807, 2.05) is 16.7 Å². The summed E-state index contributed by atoms with van der Waals surface area (Å²) < 4.78 is 53.5. The monoisotopic (exact) mass is 599 g/mol. The Morgan fingerprint density at radius 1 is 1.21 bits per heavy atom. The molecule has 7 rings (SSSR count). The van der Waals surface area contributed by atoms with Crippen molar-refractivity contribution in [2.24, 2.45) is 0 Å². The lowest BCUT2D eigenvalue weighted by Crippen LogP contribution is -2.55. The molecule has 1 amide bonds. The number of piperazine rings is 1. The van der Waals surface area contributed by atoms with Crippen molar-refractivity contribution in [2.75, 3.05) is 37.6 Å². The van der Waals surface area contributed by atoms with Gasteiger partial charge in [0.1, 0.15) is 29.8 Å². The molecule has 0 bridgehead atoms. The number of fused-ring (bicyclic) bond motifs is 6. The number of alkyl halides is 1. The molecular weight excluding hydrogens is 571 g/mol. The van der Waals surface area contributed by atoms with Gasteiger partial charge in [-0.25, -0.2) is 18.0 Å².